The number of likely N-dealkylation sites (N-methyl/N-ethyl adjacent to an activating group) is 1. The average Bonchev–Trinajstić information content (AvgIpc) is 2.37. The van der Waals surface area contributed by atoms with Gasteiger partial charge in [-0.2, -0.15) is 0 Å². The number of nitrogens with one attached hydrogen (secondary N) is 1. The van der Waals surface area contributed by atoms with Crippen LogP contribution in [0, 0.1) is 10.1 Å². The topological polar surface area (TPSA) is 81.9 Å². The molecule has 7 nitrogen and oxygen atoms in total. The zero-order valence-electron chi connectivity index (χ0n) is 12.4. The zero-order valence-corrected chi connectivity index (χ0v) is 12.4. The lowest BCUT2D eigenvalue weighted by atomic mass is 9.90. The number of nitro groups is 1. The number of aliphatic hydroxyl groups is 1. The first kappa shape index (κ1) is 15.6. The van der Waals surface area contributed by atoms with Gasteiger partial charge in [0, 0.05) is 37.0 Å². The summed E-state index contributed by atoms with van der Waals surface area (Å²) >= 11 is 0. The van der Waals surface area contributed by atoms with Crippen LogP contribution in [0.5, 0.6) is 0 Å². The van der Waals surface area contributed by atoms with Crippen LogP contribution in [-0.4, -0.2) is 77.9 Å². The fourth-order valence-corrected chi connectivity index (χ4v) is 3.49. The van der Waals surface area contributed by atoms with E-state index in [2.05, 4.69) is 10.2 Å². The van der Waals surface area contributed by atoms with E-state index in [1.54, 1.807) is 0 Å². The van der Waals surface area contributed by atoms with Gasteiger partial charge in [0.1, 0.15) is 0 Å². The molecule has 0 bridgehead atoms. The van der Waals surface area contributed by atoms with Crippen LogP contribution < -0.4 is 5.32 Å². The minimum absolute atomic E-state index is 0.241. The lowest BCUT2D eigenvalue weighted by molar-refractivity contribution is -0.532. The van der Waals surface area contributed by atoms with Crippen molar-refractivity contribution in [2.45, 2.75) is 43.5 Å². The molecule has 2 fully saturated rings. The van der Waals surface area contributed by atoms with Gasteiger partial charge in [0.15, 0.2) is 0 Å². The number of rotatable bonds is 4. The second-order valence-corrected chi connectivity index (χ2v) is 6.48. The van der Waals surface area contributed by atoms with Crippen molar-refractivity contribution in [2.75, 3.05) is 40.3 Å². The smallest absolute Gasteiger partial charge is 0.266 e. The van der Waals surface area contributed by atoms with Crippen molar-refractivity contribution in [3.05, 3.63) is 10.1 Å². The first-order chi connectivity index (χ1) is 9.39. The third kappa shape index (κ3) is 3.88. The molecule has 3 atom stereocenters. The predicted molar refractivity (Wildman–Crippen MR) is 76.1 cm³/mol. The standard InChI is InChI=1S/C13H26N4O3/c1-15(2)9-13(18)6-3-7-16(10-13)11-4-5-12(14-8-11)17(19)20/h11-12,14,18H,3-10H2,1-2H3. The van der Waals surface area contributed by atoms with Gasteiger partial charge in [0.2, 0.25) is 0 Å². The molecular formula is C13H26N4O3. The summed E-state index contributed by atoms with van der Waals surface area (Å²) in [6, 6.07) is 0.306. The van der Waals surface area contributed by atoms with Crippen LogP contribution >= 0.6 is 0 Å². The van der Waals surface area contributed by atoms with Crippen molar-refractivity contribution in [3.8, 4) is 0 Å². The highest BCUT2D eigenvalue weighted by molar-refractivity contribution is 4.93. The zero-order chi connectivity index (χ0) is 14.8. The lowest BCUT2D eigenvalue weighted by Crippen LogP contribution is -2.59. The van der Waals surface area contributed by atoms with Gasteiger partial charge in [-0.3, -0.25) is 20.3 Å². The monoisotopic (exact) mass is 286 g/mol. The Morgan fingerprint density at radius 2 is 2.25 bits per heavy atom. The first-order valence-electron chi connectivity index (χ1n) is 7.38. The molecule has 7 heteroatoms. The molecule has 116 valence electrons. The van der Waals surface area contributed by atoms with Crippen LogP contribution in [0.25, 0.3) is 0 Å². The summed E-state index contributed by atoms with van der Waals surface area (Å²) in [7, 11) is 3.95. The number of likely N-dealkylation sites (tertiary alicyclic amines) is 1. The lowest BCUT2D eigenvalue weighted by Gasteiger charge is -2.45. The van der Waals surface area contributed by atoms with Crippen LogP contribution in [0.15, 0.2) is 0 Å². The Kier molecular flexibility index (Phi) is 4.95. The molecular weight excluding hydrogens is 260 g/mol. The van der Waals surface area contributed by atoms with Crippen molar-refractivity contribution in [3.63, 3.8) is 0 Å². The fourth-order valence-electron chi connectivity index (χ4n) is 3.49. The summed E-state index contributed by atoms with van der Waals surface area (Å²) in [5.41, 5.74) is -0.651. The molecule has 20 heavy (non-hydrogen) atoms. The molecule has 0 radical (unpaired) electrons. The molecule has 0 saturated carbocycles. The minimum atomic E-state index is -0.651. The molecule has 0 aliphatic carbocycles. The molecule has 2 aliphatic rings. The van der Waals surface area contributed by atoms with E-state index in [9.17, 15) is 15.2 Å². The number of β-amino-alcohol motifs (C(OH)–C–C–N with tert-alkyl or cyclic N) is 1. The average molecular weight is 286 g/mol. The summed E-state index contributed by atoms with van der Waals surface area (Å²) in [6.07, 6.45) is 2.62. The van der Waals surface area contributed by atoms with Crippen molar-refractivity contribution >= 4 is 0 Å². The second kappa shape index (κ2) is 6.34. The molecule has 2 rings (SSSR count). The molecule has 2 heterocycles. The second-order valence-electron chi connectivity index (χ2n) is 6.48. The van der Waals surface area contributed by atoms with Gasteiger partial charge >= 0.3 is 0 Å². The number of hydrogen-bond acceptors (Lipinski definition) is 6. The van der Waals surface area contributed by atoms with E-state index in [-0.39, 0.29) is 4.92 Å². The number of hydrogen-bond donors (Lipinski definition) is 2. The Balaban J connectivity index is 1.88. The highest BCUT2D eigenvalue weighted by atomic mass is 16.6. The Morgan fingerprint density at radius 3 is 2.80 bits per heavy atom. The van der Waals surface area contributed by atoms with Gasteiger partial charge in [0.05, 0.1) is 5.60 Å². The van der Waals surface area contributed by atoms with Crippen LogP contribution in [0.3, 0.4) is 0 Å². The maximum atomic E-state index is 10.7. The van der Waals surface area contributed by atoms with Gasteiger partial charge in [-0.15, -0.1) is 0 Å². The largest absolute Gasteiger partial charge is 0.387 e. The van der Waals surface area contributed by atoms with Crippen molar-refractivity contribution in [2.24, 2.45) is 0 Å². The van der Waals surface area contributed by atoms with E-state index < -0.39 is 11.8 Å². The molecule has 0 aromatic carbocycles. The van der Waals surface area contributed by atoms with Crippen molar-refractivity contribution < 1.29 is 10.0 Å². The maximum absolute atomic E-state index is 10.7. The van der Waals surface area contributed by atoms with E-state index in [0.717, 1.165) is 25.8 Å². The molecule has 0 aromatic heterocycles. The minimum Gasteiger partial charge on any atom is -0.387 e. The number of piperidine rings is 2. The van der Waals surface area contributed by atoms with Gasteiger partial charge in [-0.25, -0.2) is 0 Å². The summed E-state index contributed by atoms with van der Waals surface area (Å²) in [5.74, 6) is 0. The Hall–Kier alpha value is -0.760. The molecule has 3 unspecified atom stereocenters. The maximum Gasteiger partial charge on any atom is 0.266 e. The van der Waals surface area contributed by atoms with Crippen molar-refractivity contribution in [1.82, 2.24) is 15.1 Å². The Labute approximate surface area is 120 Å². The van der Waals surface area contributed by atoms with Gasteiger partial charge in [0.25, 0.3) is 6.17 Å². The highest BCUT2D eigenvalue weighted by Gasteiger charge is 2.38. The molecule has 0 aromatic rings. The first-order valence-corrected chi connectivity index (χ1v) is 7.38. The van der Waals surface area contributed by atoms with E-state index in [4.69, 9.17) is 0 Å². The number of nitrogens with zero attached hydrogens (tertiary/aromatic N) is 3. The van der Waals surface area contributed by atoms with Crippen molar-refractivity contribution in [1.29, 1.82) is 0 Å². The summed E-state index contributed by atoms with van der Waals surface area (Å²) < 4.78 is 0. The fraction of sp³-hybridized carbons (Fsp3) is 1.00. The van der Waals surface area contributed by atoms with E-state index in [1.807, 2.05) is 19.0 Å². The van der Waals surface area contributed by atoms with Crippen LogP contribution in [-0.2, 0) is 0 Å². The normalized spacial score (nSPS) is 36.2. The molecule has 2 N–H and O–H groups in total. The SMILES string of the molecule is CN(C)CC1(O)CCCN(C2CCC([N+](=O)[O-])NC2)C1. The van der Waals surface area contributed by atoms with E-state index in [1.165, 1.54) is 0 Å². The third-order valence-electron chi connectivity index (χ3n) is 4.33. The highest BCUT2D eigenvalue weighted by Crippen LogP contribution is 2.25. The molecule has 2 aliphatic heterocycles. The molecule has 0 amide bonds. The van der Waals surface area contributed by atoms with Crippen LogP contribution in [0.2, 0.25) is 0 Å². The van der Waals surface area contributed by atoms with Gasteiger partial charge in [-0.05, 0) is 39.9 Å². The van der Waals surface area contributed by atoms with E-state index in [0.29, 0.717) is 32.1 Å². The molecule has 2 saturated heterocycles. The van der Waals surface area contributed by atoms with Crippen LogP contribution in [0.1, 0.15) is 25.7 Å². The third-order valence-corrected chi connectivity index (χ3v) is 4.33. The summed E-state index contributed by atoms with van der Waals surface area (Å²) in [6.45, 7) is 2.96. The Morgan fingerprint density at radius 1 is 1.50 bits per heavy atom. The molecule has 0 spiro atoms. The van der Waals surface area contributed by atoms with Gasteiger partial charge < -0.3 is 10.0 Å². The quantitative estimate of drug-likeness (QED) is 0.547. The van der Waals surface area contributed by atoms with Gasteiger partial charge in [-0.1, -0.05) is 0 Å². The summed E-state index contributed by atoms with van der Waals surface area (Å²) in [4.78, 5) is 14.8. The van der Waals surface area contributed by atoms with E-state index >= 15 is 0 Å². The predicted octanol–water partition coefficient (Wildman–Crippen LogP) is -0.270. The summed E-state index contributed by atoms with van der Waals surface area (Å²) in [5, 5.41) is 24.4. The van der Waals surface area contributed by atoms with Crippen LogP contribution in [0.4, 0.5) is 0 Å². The Bertz CT molecular complexity index is 345.